The number of carbonyl (C=O) groups excluding carboxylic acids is 3. The van der Waals surface area contributed by atoms with Crippen LogP contribution < -0.4 is 0 Å². The van der Waals surface area contributed by atoms with Gasteiger partial charge in [0.1, 0.15) is 11.5 Å². The lowest BCUT2D eigenvalue weighted by atomic mass is 10.0. The van der Waals surface area contributed by atoms with Crippen LogP contribution in [0, 0.1) is 0 Å². The van der Waals surface area contributed by atoms with E-state index in [0.717, 1.165) is 11.1 Å². The Morgan fingerprint density at radius 3 is 2.15 bits per heavy atom. The standard InChI is InChI=1S/C26H34O7/c1-16(2)12-24(30)26(33-19(5)27)18(4)9-7-8-17(3)10-11-20-13-23(29)21(14-22(20)28)15-25(31)32-6/h9-10,12-14,26,28-29H,7-8,11,15H2,1-6H3/b17-10+,18-9+. The number of methoxy groups -OCH3 is 1. The van der Waals surface area contributed by atoms with Gasteiger partial charge in [-0.3, -0.25) is 14.4 Å². The van der Waals surface area contributed by atoms with Crippen molar-refractivity contribution in [3.63, 3.8) is 0 Å². The van der Waals surface area contributed by atoms with Crippen LogP contribution in [0.5, 0.6) is 11.5 Å². The summed E-state index contributed by atoms with van der Waals surface area (Å²) in [5.41, 5.74) is 3.39. The van der Waals surface area contributed by atoms with Crippen molar-refractivity contribution in [3.05, 3.63) is 58.2 Å². The molecule has 7 nitrogen and oxygen atoms in total. The third-order valence-electron chi connectivity index (χ3n) is 4.90. The monoisotopic (exact) mass is 458 g/mol. The molecule has 0 amide bonds. The van der Waals surface area contributed by atoms with Crippen LogP contribution in [0.15, 0.2) is 47.1 Å². The molecule has 0 saturated heterocycles. The quantitative estimate of drug-likeness (QED) is 0.217. The normalized spacial score (nSPS) is 12.7. The number of allylic oxidation sites excluding steroid dienone is 4. The Hall–Kier alpha value is -3.35. The molecule has 0 aliphatic rings. The highest BCUT2D eigenvalue weighted by atomic mass is 16.5. The number of esters is 2. The molecule has 0 bridgehead atoms. The number of hydrogen-bond acceptors (Lipinski definition) is 7. The molecule has 0 aliphatic heterocycles. The second-order valence-corrected chi connectivity index (χ2v) is 8.22. The van der Waals surface area contributed by atoms with Crippen molar-refractivity contribution in [1.82, 2.24) is 0 Å². The summed E-state index contributed by atoms with van der Waals surface area (Å²) in [5, 5.41) is 20.4. The zero-order chi connectivity index (χ0) is 25.1. The molecule has 1 atom stereocenters. The molecule has 0 saturated carbocycles. The highest BCUT2D eigenvalue weighted by molar-refractivity contribution is 5.97. The van der Waals surface area contributed by atoms with Crippen LogP contribution in [0.1, 0.15) is 58.6 Å². The number of benzene rings is 1. The van der Waals surface area contributed by atoms with E-state index in [1.165, 1.54) is 32.2 Å². The minimum atomic E-state index is -0.926. The number of ketones is 1. The molecule has 0 aromatic heterocycles. The minimum absolute atomic E-state index is 0.00602. The topological polar surface area (TPSA) is 110 Å². The van der Waals surface area contributed by atoms with E-state index >= 15 is 0 Å². The van der Waals surface area contributed by atoms with Gasteiger partial charge in [-0.25, -0.2) is 0 Å². The Morgan fingerprint density at radius 1 is 0.970 bits per heavy atom. The summed E-state index contributed by atoms with van der Waals surface area (Å²) in [5.74, 6) is -1.36. The molecule has 2 N–H and O–H groups in total. The largest absolute Gasteiger partial charge is 0.508 e. The molecule has 1 aromatic rings. The average Bonchev–Trinajstić information content (AvgIpc) is 2.72. The van der Waals surface area contributed by atoms with Crippen molar-refractivity contribution in [2.45, 2.75) is 66.4 Å². The van der Waals surface area contributed by atoms with Crippen LogP contribution in [0.3, 0.4) is 0 Å². The second kappa shape index (κ2) is 13.3. The van der Waals surface area contributed by atoms with Crippen LogP contribution in [-0.2, 0) is 36.7 Å². The van der Waals surface area contributed by atoms with E-state index in [1.54, 1.807) is 20.8 Å². The van der Waals surface area contributed by atoms with Gasteiger partial charge >= 0.3 is 11.9 Å². The van der Waals surface area contributed by atoms with Crippen molar-refractivity contribution < 1.29 is 34.1 Å². The summed E-state index contributed by atoms with van der Waals surface area (Å²) < 4.78 is 9.79. The third-order valence-corrected chi connectivity index (χ3v) is 4.90. The molecule has 1 rings (SSSR count). The minimum Gasteiger partial charge on any atom is -0.508 e. The van der Waals surface area contributed by atoms with Crippen LogP contribution in [-0.4, -0.2) is 41.1 Å². The van der Waals surface area contributed by atoms with E-state index in [9.17, 15) is 24.6 Å². The Morgan fingerprint density at radius 2 is 1.58 bits per heavy atom. The van der Waals surface area contributed by atoms with Gasteiger partial charge in [-0.1, -0.05) is 23.3 Å². The van der Waals surface area contributed by atoms with E-state index in [0.29, 0.717) is 36.0 Å². The molecule has 0 radical (unpaired) electrons. The van der Waals surface area contributed by atoms with Crippen molar-refractivity contribution in [2.24, 2.45) is 0 Å². The number of hydrogen-bond donors (Lipinski definition) is 2. The molecular formula is C26H34O7. The van der Waals surface area contributed by atoms with Crippen LogP contribution in [0.25, 0.3) is 0 Å². The molecule has 0 spiro atoms. The van der Waals surface area contributed by atoms with Gasteiger partial charge < -0.3 is 19.7 Å². The third kappa shape index (κ3) is 9.76. The molecule has 33 heavy (non-hydrogen) atoms. The first-order valence-corrected chi connectivity index (χ1v) is 10.7. The van der Waals surface area contributed by atoms with E-state index in [2.05, 4.69) is 4.74 Å². The van der Waals surface area contributed by atoms with E-state index in [4.69, 9.17) is 4.74 Å². The second-order valence-electron chi connectivity index (χ2n) is 8.22. The van der Waals surface area contributed by atoms with Crippen LogP contribution in [0.2, 0.25) is 0 Å². The molecular weight excluding hydrogens is 424 g/mol. The van der Waals surface area contributed by atoms with Crippen molar-refractivity contribution >= 4 is 17.7 Å². The van der Waals surface area contributed by atoms with Crippen LogP contribution >= 0.6 is 0 Å². The zero-order valence-corrected chi connectivity index (χ0v) is 20.2. The zero-order valence-electron chi connectivity index (χ0n) is 20.2. The number of phenols is 2. The fraction of sp³-hybridized carbons (Fsp3) is 0.423. The van der Waals surface area contributed by atoms with Crippen LogP contribution in [0.4, 0.5) is 0 Å². The number of aromatic hydroxyl groups is 2. The lowest BCUT2D eigenvalue weighted by Crippen LogP contribution is -2.26. The number of ether oxygens (including phenoxy) is 2. The first kappa shape index (κ1) is 27.7. The van der Waals surface area contributed by atoms with Gasteiger partial charge in [-0.15, -0.1) is 0 Å². The van der Waals surface area contributed by atoms with Crippen molar-refractivity contribution in [1.29, 1.82) is 0 Å². The first-order valence-electron chi connectivity index (χ1n) is 10.7. The summed E-state index contributed by atoms with van der Waals surface area (Å²) >= 11 is 0. The number of carbonyl (C=O) groups is 3. The Kier molecular flexibility index (Phi) is 11.1. The maximum Gasteiger partial charge on any atom is 0.310 e. The van der Waals surface area contributed by atoms with Crippen molar-refractivity contribution in [3.8, 4) is 11.5 Å². The summed E-state index contributed by atoms with van der Waals surface area (Å²) in [6.45, 7) is 8.60. The first-order chi connectivity index (χ1) is 15.4. The fourth-order valence-electron chi connectivity index (χ4n) is 3.12. The van der Waals surface area contributed by atoms with Gasteiger partial charge in [-0.2, -0.15) is 0 Å². The van der Waals surface area contributed by atoms with Crippen molar-refractivity contribution in [2.75, 3.05) is 7.11 Å². The van der Waals surface area contributed by atoms with Gasteiger partial charge in [0.2, 0.25) is 0 Å². The molecule has 1 unspecified atom stereocenters. The SMILES string of the molecule is COC(=O)Cc1cc(O)c(C/C=C(\C)CC/C=C(\C)C(OC(C)=O)C(=O)C=C(C)C)cc1O. The van der Waals surface area contributed by atoms with Gasteiger partial charge in [0.05, 0.1) is 13.5 Å². The fourth-order valence-corrected chi connectivity index (χ4v) is 3.12. The lowest BCUT2D eigenvalue weighted by molar-refractivity contribution is -0.149. The summed E-state index contributed by atoms with van der Waals surface area (Å²) in [7, 11) is 1.26. The smallest absolute Gasteiger partial charge is 0.310 e. The number of rotatable bonds is 11. The number of phenolic OH excluding ortho intramolecular Hbond substituents is 2. The Labute approximate surface area is 195 Å². The van der Waals surface area contributed by atoms with Gasteiger partial charge in [0.25, 0.3) is 0 Å². The summed E-state index contributed by atoms with van der Waals surface area (Å²) in [6, 6.07) is 2.81. The van der Waals surface area contributed by atoms with Gasteiger partial charge in [0.15, 0.2) is 11.9 Å². The predicted octanol–water partition coefficient (Wildman–Crippen LogP) is 4.50. The average molecular weight is 459 g/mol. The molecule has 1 aromatic carbocycles. The van der Waals surface area contributed by atoms with Gasteiger partial charge in [-0.05, 0) is 70.7 Å². The Balaban J connectivity index is 2.81. The molecule has 180 valence electrons. The van der Waals surface area contributed by atoms with E-state index in [-0.39, 0.29) is 23.7 Å². The Bertz CT molecular complexity index is 963. The summed E-state index contributed by atoms with van der Waals surface area (Å²) in [6.07, 6.45) is 5.99. The molecule has 0 heterocycles. The predicted molar refractivity (Wildman–Crippen MR) is 126 cm³/mol. The molecule has 0 fully saturated rings. The summed E-state index contributed by atoms with van der Waals surface area (Å²) in [4.78, 5) is 35.2. The molecule has 7 heteroatoms. The van der Waals surface area contributed by atoms with E-state index < -0.39 is 18.0 Å². The molecule has 0 aliphatic carbocycles. The van der Waals surface area contributed by atoms with E-state index in [1.807, 2.05) is 19.1 Å². The maximum absolute atomic E-state index is 12.4. The highest BCUT2D eigenvalue weighted by Crippen LogP contribution is 2.29. The maximum atomic E-state index is 12.4. The highest BCUT2D eigenvalue weighted by Gasteiger charge is 2.21. The lowest BCUT2D eigenvalue weighted by Gasteiger charge is -2.15. The van der Waals surface area contributed by atoms with Gasteiger partial charge in [0, 0.05) is 18.1 Å².